The van der Waals surface area contributed by atoms with Gasteiger partial charge in [-0.25, -0.2) is 9.37 Å². The largest absolute Gasteiger partial charge is 0.464 e. The van der Waals surface area contributed by atoms with Crippen LogP contribution in [0.2, 0.25) is 0 Å². The van der Waals surface area contributed by atoms with E-state index in [0.29, 0.717) is 5.69 Å². The Morgan fingerprint density at radius 1 is 1.29 bits per heavy atom. The van der Waals surface area contributed by atoms with Gasteiger partial charge in [-0.05, 0) is 48.5 Å². The third kappa shape index (κ3) is 3.80. The van der Waals surface area contributed by atoms with Gasteiger partial charge in [-0.2, -0.15) is 0 Å². The van der Waals surface area contributed by atoms with Gasteiger partial charge in [-0.3, -0.25) is 4.79 Å². The van der Waals surface area contributed by atoms with Crippen LogP contribution in [-0.2, 0) is 18.3 Å². The van der Waals surface area contributed by atoms with Crippen molar-refractivity contribution in [1.82, 2.24) is 9.55 Å². The summed E-state index contributed by atoms with van der Waals surface area (Å²) >= 11 is 1.36. The molecule has 0 spiro atoms. The number of nitrogens with one attached hydrogen (secondary N) is 1. The first kappa shape index (κ1) is 18.3. The molecule has 1 N–H and O–H groups in total. The highest BCUT2D eigenvalue weighted by atomic mass is 32.2. The van der Waals surface area contributed by atoms with E-state index in [0.717, 1.165) is 32.1 Å². The number of carbonyl (C=O) groups excluding carboxylic acids is 1. The molecule has 2 aromatic carbocycles. The van der Waals surface area contributed by atoms with Gasteiger partial charge in [-0.1, -0.05) is 12.1 Å². The lowest BCUT2D eigenvalue weighted by Gasteiger charge is -2.11. The van der Waals surface area contributed by atoms with E-state index in [1.807, 2.05) is 42.9 Å². The Morgan fingerprint density at radius 3 is 2.93 bits per heavy atom. The van der Waals surface area contributed by atoms with Crippen molar-refractivity contribution >= 4 is 34.3 Å². The SMILES string of the molecule is Cc1ccc2c(CC(=O)Nc3cc(F)ccc3Sc3nccn3C)coc2c1. The van der Waals surface area contributed by atoms with Gasteiger partial charge in [0.1, 0.15) is 11.4 Å². The molecule has 0 fully saturated rings. The number of hydrogen-bond acceptors (Lipinski definition) is 4. The summed E-state index contributed by atoms with van der Waals surface area (Å²) in [6.07, 6.45) is 5.25. The summed E-state index contributed by atoms with van der Waals surface area (Å²) < 4.78 is 21.2. The minimum atomic E-state index is -0.413. The Labute approximate surface area is 165 Å². The number of fused-ring (bicyclic) bond motifs is 1. The van der Waals surface area contributed by atoms with Gasteiger partial charge in [0.05, 0.1) is 18.4 Å². The molecule has 0 aliphatic carbocycles. The van der Waals surface area contributed by atoms with Crippen LogP contribution in [0.15, 0.2) is 69.5 Å². The minimum absolute atomic E-state index is 0.138. The second kappa shape index (κ2) is 7.52. The fraction of sp³-hybridized carbons (Fsp3) is 0.143. The third-order valence-electron chi connectivity index (χ3n) is 4.36. The predicted molar refractivity (Wildman–Crippen MR) is 107 cm³/mol. The number of furan rings is 1. The molecule has 4 rings (SSSR count). The van der Waals surface area contributed by atoms with E-state index in [9.17, 15) is 9.18 Å². The molecule has 5 nitrogen and oxygen atoms in total. The molecular weight excluding hydrogens is 377 g/mol. The lowest BCUT2D eigenvalue weighted by atomic mass is 10.1. The number of rotatable bonds is 5. The Balaban J connectivity index is 1.55. The number of nitrogens with zero attached hydrogens (tertiary/aromatic N) is 2. The van der Waals surface area contributed by atoms with Gasteiger partial charge in [0.2, 0.25) is 5.91 Å². The van der Waals surface area contributed by atoms with Gasteiger partial charge in [0.15, 0.2) is 5.16 Å². The molecule has 2 aromatic heterocycles. The molecule has 0 saturated heterocycles. The van der Waals surface area contributed by atoms with E-state index >= 15 is 0 Å². The monoisotopic (exact) mass is 395 g/mol. The fourth-order valence-corrected chi connectivity index (χ4v) is 3.80. The van der Waals surface area contributed by atoms with E-state index in [2.05, 4.69) is 10.3 Å². The molecule has 1 amide bonds. The molecule has 0 saturated carbocycles. The van der Waals surface area contributed by atoms with Gasteiger partial charge < -0.3 is 14.3 Å². The Hall–Kier alpha value is -3.06. The van der Waals surface area contributed by atoms with Crippen molar-refractivity contribution in [3.63, 3.8) is 0 Å². The first-order chi connectivity index (χ1) is 13.5. The van der Waals surface area contributed by atoms with E-state index in [1.54, 1.807) is 18.5 Å². The predicted octanol–water partition coefficient (Wildman–Crippen LogP) is 4.95. The van der Waals surface area contributed by atoms with Crippen LogP contribution < -0.4 is 5.32 Å². The molecule has 4 aromatic rings. The van der Waals surface area contributed by atoms with Crippen LogP contribution >= 0.6 is 11.8 Å². The summed E-state index contributed by atoms with van der Waals surface area (Å²) in [7, 11) is 1.88. The van der Waals surface area contributed by atoms with Gasteiger partial charge >= 0.3 is 0 Å². The third-order valence-corrected chi connectivity index (χ3v) is 5.51. The summed E-state index contributed by atoms with van der Waals surface area (Å²) in [5, 5.41) is 4.47. The molecule has 0 unspecified atom stereocenters. The summed E-state index contributed by atoms with van der Waals surface area (Å²) in [6.45, 7) is 1.99. The van der Waals surface area contributed by atoms with Gasteiger partial charge in [0, 0.05) is 35.3 Å². The highest BCUT2D eigenvalue weighted by Gasteiger charge is 2.14. The first-order valence-corrected chi connectivity index (χ1v) is 9.52. The number of aromatic nitrogens is 2. The standard InChI is InChI=1S/C21H18FN3O2S/c1-13-3-5-16-14(12-27-18(16)9-13)10-20(26)24-17-11-15(22)4-6-19(17)28-21-23-7-8-25(21)2/h3-9,11-12H,10H2,1-2H3,(H,24,26). The second-order valence-electron chi connectivity index (χ2n) is 6.55. The molecule has 0 radical (unpaired) electrons. The number of anilines is 1. The van der Waals surface area contributed by atoms with Crippen LogP contribution in [0.5, 0.6) is 0 Å². The van der Waals surface area contributed by atoms with Crippen LogP contribution in [0.4, 0.5) is 10.1 Å². The zero-order valence-corrected chi connectivity index (χ0v) is 16.2. The maximum absolute atomic E-state index is 13.8. The van der Waals surface area contributed by atoms with Crippen molar-refractivity contribution in [2.45, 2.75) is 23.4 Å². The fourth-order valence-electron chi connectivity index (χ4n) is 2.93. The van der Waals surface area contributed by atoms with Crippen molar-refractivity contribution in [2.75, 3.05) is 5.32 Å². The average Bonchev–Trinajstić information content (AvgIpc) is 3.23. The van der Waals surface area contributed by atoms with Crippen molar-refractivity contribution in [2.24, 2.45) is 7.05 Å². The summed E-state index contributed by atoms with van der Waals surface area (Å²) in [5.74, 6) is -0.653. The smallest absolute Gasteiger partial charge is 0.228 e. The lowest BCUT2D eigenvalue weighted by molar-refractivity contribution is -0.115. The summed E-state index contributed by atoms with van der Waals surface area (Å²) in [5.41, 5.74) is 3.05. The van der Waals surface area contributed by atoms with Gasteiger partial charge in [-0.15, -0.1) is 0 Å². The number of carbonyl (C=O) groups is 1. The lowest BCUT2D eigenvalue weighted by Crippen LogP contribution is -2.15. The number of aryl methyl sites for hydroxylation is 2. The summed E-state index contributed by atoms with van der Waals surface area (Å²) in [4.78, 5) is 17.6. The van der Waals surface area contributed by atoms with E-state index in [4.69, 9.17) is 4.42 Å². The number of benzene rings is 2. The van der Waals surface area contributed by atoms with E-state index in [1.165, 1.54) is 23.9 Å². The number of amides is 1. The van der Waals surface area contributed by atoms with Crippen molar-refractivity contribution in [3.8, 4) is 0 Å². The topological polar surface area (TPSA) is 60.1 Å². The maximum atomic E-state index is 13.8. The molecule has 28 heavy (non-hydrogen) atoms. The number of halogens is 1. The van der Waals surface area contributed by atoms with Crippen LogP contribution in [0.25, 0.3) is 11.0 Å². The highest BCUT2D eigenvalue weighted by Crippen LogP contribution is 2.33. The Bertz CT molecular complexity index is 1170. The van der Waals surface area contributed by atoms with Crippen LogP contribution in [0.3, 0.4) is 0 Å². The van der Waals surface area contributed by atoms with Crippen LogP contribution in [-0.4, -0.2) is 15.5 Å². The molecule has 0 aliphatic rings. The zero-order chi connectivity index (χ0) is 19.7. The first-order valence-electron chi connectivity index (χ1n) is 8.71. The molecule has 2 heterocycles. The zero-order valence-electron chi connectivity index (χ0n) is 15.4. The highest BCUT2D eigenvalue weighted by molar-refractivity contribution is 7.99. The number of imidazole rings is 1. The Kier molecular flexibility index (Phi) is 4.92. The van der Waals surface area contributed by atoms with Crippen molar-refractivity contribution < 1.29 is 13.6 Å². The average molecular weight is 395 g/mol. The van der Waals surface area contributed by atoms with Crippen LogP contribution in [0, 0.1) is 12.7 Å². The van der Waals surface area contributed by atoms with Gasteiger partial charge in [0.25, 0.3) is 0 Å². The van der Waals surface area contributed by atoms with Crippen molar-refractivity contribution in [1.29, 1.82) is 0 Å². The minimum Gasteiger partial charge on any atom is -0.464 e. The van der Waals surface area contributed by atoms with E-state index < -0.39 is 5.82 Å². The molecule has 7 heteroatoms. The molecule has 142 valence electrons. The van der Waals surface area contributed by atoms with Crippen molar-refractivity contribution in [3.05, 3.63) is 72.0 Å². The molecule has 0 bridgehead atoms. The summed E-state index contributed by atoms with van der Waals surface area (Å²) in [6, 6.07) is 10.2. The molecule has 0 aliphatic heterocycles. The quantitative estimate of drug-likeness (QED) is 0.520. The van der Waals surface area contributed by atoms with Crippen LogP contribution in [0.1, 0.15) is 11.1 Å². The normalized spacial score (nSPS) is 11.1. The second-order valence-corrected chi connectivity index (χ2v) is 7.56. The Morgan fingerprint density at radius 2 is 2.14 bits per heavy atom. The molecule has 0 atom stereocenters. The van der Waals surface area contributed by atoms with E-state index in [-0.39, 0.29) is 12.3 Å². The molecular formula is C21H18FN3O2S. The maximum Gasteiger partial charge on any atom is 0.228 e. The number of hydrogen-bond donors (Lipinski definition) is 1.